The Bertz CT molecular complexity index is 569. The molecule has 0 aromatic carbocycles. The molecule has 0 bridgehead atoms. The smallest absolute Gasteiger partial charge is 0.246 e. The van der Waals surface area contributed by atoms with Gasteiger partial charge >= 0.3 is 0 Å². The molecule has 20 heavy (non-hydrogen) atoms. The van der Waals surface area contributed by atoms with Crippen LogP contribution in [0.2, 0.25) is 0 Å². The summed E-state index contributed by atoms with van der Waals surface area (Å²) in [5.41, 5.74) is 2.91. The van der Waals surface area contributed by atoms with Gasteiger partial charge in [-0.15, -0.1) is 0 Å². The summed E-state index contributed by atoms with van der Waals surface area (Å²) in [7, 11) is -3.54. The van der Waals surface area contributed by atoms with E-state index in [1.807, 2.05) is 0 Å². The predicted molar refractivity (Wildman–Crippen MR) is 78.4 cm³/mol. The minimum atomic E-state index is -3.54. The molecule has 3 N–H and O–H groups in total. The van der Waals surface area contributed by atoms with Crippen LogP contribution in [-0.4, -0.2) is 30.8 Å². The van der Waals surface area contributed by atoms with Crippen molar-refractivity contribution in [2.24, 2.45) is 11.3 Å². The molecule has 0 aliphatic carbocycles. The first-order valence-electron chi connectivity index (χ1n) is 6.90. The first-order chi connectivity index (χ1) is 9.49. The van der Waals surface area contributed by atoms with E-state index in [9.17, 15) is 8.42 Å². The topological polar surface area (TPSA) is 88.3 Å². The fraction of sp³-hybridized carbons (Fsp3) is 0.615. The van der Waals surface area contributed by atoms with Crippen LogP contribution in [0.3, 0.4) is 0 Å². The van der Waals surface area contributed by atoms with Gasteiger partial charge in [0.2, 0.25) is 10.0 Å². The van der Waals surface area contributed by atoms with E-state index in [2.05, 4.69) is 24.3 Å². The number of nitrogen functional groups attached to an aromatic ring is 1. The third-order valence-corrected chi connectivity index (χ3v) is 6.33. The summed E-state index contributed by atoms with van der Waals surface area (Å²) >= 11 is 0. The molecule has 1 aliphatic rings. The molecular formula is C13H22N4O2S. The summed E-state index contributed by atoms with van der Waals surface area (Å²) in [6.07, 6.45) is 5.75. The van der Waals surface area contributed by atoms with Crippen molar-refractivity contribution in [3.8, 4) is 0 Å². The Morgan fingerprint density at radius 3 is 2.70 bits per heavy atom. The zero-order valence-electron chi connectivity index (χ0n) is 12.0. The second kappa shape index (κ2) is 5.67. The second-order valence-corrected chi connectivity index (χ2v) is 7.22. The molecule has 1 saturated heterocycles. The Hall–Kier alpha value is -1.18. The summed E-state index contributed by atoms with van der Waals surface area (Å²) in [4.78, 5) is 4.05. The maximum Gasteiger partial charge on any atom is 0.246 e. The monoisotopic (exact) mass is 298 g/mol. The van der Waals surface area contributed by atoms with Crippen molar-refractivity contribution in [1.29, 1.82) is 0 Å². The van der Waals surface area contributed by atoms with E-state index in [0.717, 1.165) is 19.3 Å². The van der Waals surface area contributed by atoms with Gasteiger partial charge in [0, 0.05) is 25.5 Å². The van der Waals surface area contributed by atoms with Gasteiger partial charge in [0.1, 0.15) is 4.90 Å². The fourth-order valence-electron chi connectivity index (χ4n) is 2.77. The van der Waals surface area contributed by atoms with Gasteiger partial charge in [-0.1, -0.05) is 13.8 Å². The molecule has 1 fully saturated rings. The number of rotatable bonds is 5. The SMILES string of the molecule is CCC1(CC)CCN(S(=O)(=O)c2cnccc2NN)C1. The third-order valence-electron chi connectivity index (χ3n) is 4.46. The maximum absolute atomic E-state index is 12.7. The molecule has 0 atom stereocenters. The van der Waals surface area contributed by atoms with E-state index in [1.54, 1.807) is 10.4 Å². The van der Waals surface area contributed by atoms with E-state index in [4.69, 9.17) is 5.84 Å². The summed E-state index contributed by atoms with van der Waals surface area (Å²) in [5.74, 6) is 5.39. The molecule has 0 radical (unpaired) electrons. The first kappa shape index (κ1) is 15.2. The number of aromatic nitrogens is 1. The number of anilines is 1. The van der Waals surface area contributed by atoms with Crippen molar-refractivity contribution in [1.82, 2.24) is 9.29 Å². The molecule has 7 heteroatoms. The average Bonchev–Trinajstić information content (AvgIpc) is 2.93. The highest BCUT2D eigenvalue weighted by Gasteiger charge is 2.41. The van der Waals surface area contributed by atoms with Crippen LogP contribution < -0.4 is 11.3 Å². The molecule has 0 saturated carbocycles. The van der Waals surface area contributed by atoms with Gasteiger partial charge in [0.25, 0.3) is 0 Å². The Morgan fingerprint density at radius 2 is 2.15 bits per heavy atom. The summed E-state index contributed by atoms with van der Waals surface area (Å²) in [5, 5.41) is 0. The van der Waals surface area contributed by atoms with E-state index >= 15 is 0 Å². The van der Waals surface area contributed by atoms with Gasteiger partial charge < -0.3 is 5.43 Å². The molecule has 2 rings (SSSR count). The minimum Gasteiger partial charge on any atom is -0.323 e. The molecule has 1 aromatic rings. The van der Waals surface area contributed by atoms with Crippen molar-refractivity contribution in [2.45, 2.75) is 38.0 Å². The summed E-state index contributed by atoms with van der Waals surface area (Å²) in [6.45, 7) is 5.37. The van der Waals surface area contributed by atoms with Gasteiger partial charge in [-0.25, -0.2) is 8.42 Å². The predicted octanol–water partition coefficient (Wildman–Crippen LogP) is 1.57. The largest absolute Gasteiger partial charge is 0.323 e. The Morgan fingerprint density at radius 1 is 1.45 bits per heavy atom. The number of nitrogens with two attached hydrogens (primary N) is 1. The maximum atomic E-state index is 12.7. The number of nitrogens with zero attached hydrogens (tertiary/aromatic N) is 2. The quantitative estimate of drug-likeness (QED) is 0.636. The van der Waals surface area contributed by atoms with Gasteiger partial charge in [-0.3, -0.25) is 10.8 Å². The zero-order chi connectivity index (χ0) is 14.8. The Balaban J connectivity index is 2.33. The average molecular weight is 298 g/mol. The third kappa shape index (κ3) is 2.53. The molecule has 0 amide bonds. The van der Waals surface area contributed by atoms with Crippen LogP contribution in [-0.2, 0) is 10.0 Å². The lowest BCUT2D eigenvalue weighted by atomic mass is 9.82. The van der Waals surface area contributed by atoms with E-state index in [0.29, 0.717) is 18.8 Å². The molecule has 1 aromatic heterocycles. The van der Waals surface area contributed by atoms with Gasteiger partial charge in [-0.05, 0) is 30.7 Å². The second-order valence-electron chi connectivity index (χ2n) is 5.31. The molecular weight excluding hydrogens is 276 g/mol. The number of nitrogens with one attached hydrogen (secondary N) is 1. The highest BCUT2D eigenvalue weighted by molar-refractivity contribution is 7.89. The molecule has 1 aliphatic heterocycles. The van der Waals surface area contributed by atoms with Crippen molar-refractivity contribution < 1.29 is 8.42 Å². The van der Waals surface area contributed by atoms with Crippen LogP contribution in [0.25, 0.3) is 0 Å². The van der Waals surface area contributed by atoms with Gasteiger partial charge in [0.15, 0.2) is 0 Å². The lowest BCUT2D eigenvalue weighted by molar-refractivity contribution is 0.279. The van der Waals surface area contributed by atoms with Crippen LogP contribution >= 0.6 is 0 Å². The number of hydrazine groups is 1. The zero-order valence-corrected chi connectivity index (χ0v) is 12.8. The van der Waals surface area contributed by atoms with Crippen LogP contribution in [0.4, 0.5) is 5.69 Å². The fourth-order valence-corrected chi connectivity index (χ4v) is 4.42. The van der Waals surface area contributed by atoms with Crippen LogP contribution in [0.1, 0.15) is 33.1 Å². The molecule has 6 nitrogen and oxygen atoms in total. The van der Waals surface area contributed by atoms with Crippen LogP contribution in [0, 0.1) is 5.41 Å². The van der Waals surface area contributed by atoms with Gasteiger partial charge in [0.05, 0.1) is 5.69 Å². The standard InChI is InChI=1S/C13H22N4O2S/c1-3-13(4-2)6-8-17(10-13)20(18,19)12-9-15-7-5-11(12)16-14/h5,7,9H,3-4,6,8,10,14H2,1-2H3,(H,15,16). The normalized spacial score (nSPS) is 19.1. The molecule has 2 heterocycles. The molecule has 0 unspecified atom stereocenters. The van der Waals surface area contributed by atoms with Crippen LogP contribution in [0.5, 0.6) is 0 Å². The minimum absolute atomic E-state index is 0.103. The Labute approximate surface area is 120 Å². The number of sulfonamides is 1. The highest BCUT2D eigenvalue weighted by atomic mass is 32.2. The molecule has 112 valence electrons. The number of pyridine rings is 1. The van der Waals surface area contributed by atoms with Crippen molar-refractivity contribution in [3.05, 3.63) is 18.5 Å². The van der Waals surface area contributed by atoms with Crippen LogP contribution in [0.15, 0.2) is 23.4 Å². The summed E-state index contributed by atoms with van der Waals surface area (Å²) < 4.78 is 27.0. The Kier molecular flexibility index (Phi) is 4.31. The van der Waals surface area contributed by atoms with Crippen molar-refractivity contribution in [3.63, 3.8) is 0 Å². The lowest BCUT2D eigenvalue weighted by Crippen LogP contribution is -2.32. The van der Waals surface area contributed by atoms with E-state index < -0.39 is 10.0 Å². The van der Waals surface area contributed by atoms with E-state index in [1.165, 1.54) is 12.4 Å². The first-order valence-corrected chi connectivity index (χ1v) is 8.34. The van der Waals surface area contributed by atoms with Crippen molar-refractivity contribution >= 4 is 15.7 Å². The lowest BCUT2D eigenvalue weighted by Gasteiger charge is -2.26. The summed E-state index contributed by atoms with van der Waals surface area (Å²) in [6, 6.07) is 1.57. The highest BCUT2D eigenvalue weighted by Crippen LogP contribution is 2.39. The number of hydrogen-bond donors (Lipinski definition) is 2. The van der Waals surface area contributed by atoms with Gasteiger partial charge in [-0.2, -0.15) is 4.31 Å². The molecule has 0 spiro atoms. The number of hydrogen-bond acceptors (Lipinski definition) is 5. The van der Waals surface area contributed by atoms with Crippen molar-refractivity contribution in [2.75, 3.05) is 18.5 Å². The van der Waals surface area contributed by atoms with E-state index in [-0.39, 0.29) is 10.3 Å².